The number of ether oxygens (including phenoxy) is 1. The van der Waals surface area contributed by atoms with Crippen molar-refractivity contribution in [3.8, 4) is 16.9 Å². The van der Waals surface area contributed by atoms with Crippen molar-refractivity contribution in [1.82, 2.24) is 19.9 Å². The van der Waals surface area contributed by atoms with Crippen LogP contribution in [-0.2, 0) is 11.2 Å². The quantitative estimate of drug-likeness (QED) is 0.568. The molecular formula is C26H31N5O2. The summed E-state index contributed by atoms with van der Waals surface area (Å²) in [4.78, 5) is 31.0. The second-order valence-corrected chi connectivity index (χ2v) is 8.78. The van der Waals surface area contributed by atoms with Gasteiger partial charge in [0.1, 0.15) is 5.75 Å². The normalized spacial score (nSPS) is 15.5. The van der Waals surface area contributed by atoms with Gasteiger partial charge >= 0.3 is 0 Å². The van der Waals surface area contributed by atoms with E-state index in [0.29, 0.717) is 12.4 Å². The lowest BCUT2D eigenvalue weighted by Gasteiger charge is -2.27. The molecule has 7 nitrogen and oxygen atoms in total. The summed E-state index contributed by atoms with van der Waals surface area (Å²) in [7, 11) is 5.52. The SMILES string of the molecule is COc1ccc(CC(=O)N2CCC[C@H]2c2nc(N(C)C)ncc2-c2ccncc2C)cc1C. The smallest absolute Gasteiger partial charge is 0.227 e. The Morgan fingerprint density at radius 1 is 1.15 bits per heavy atom. The Labute approximate surface area is 195 Å². The van der Waals surface area contributed by atoms with Crippen LogP contribution >= 0.6 is 0 Å². The number of pyridine rings is 1. The molecule has 0 unspecified atom stereocenters. The molecule has 33 heavy (non-hydrogen) atoms. The zero-order valence-electron chi connectivity index (χ0n) is 20.0. The van der Waals surface area contributed by atoms with Gasteiger partial charge in [-0.15, -0.1) is 0 Å². The molecule has 1 aliphatic rings. The minimum absolute atomic E-state index is 0.0823. The van der Waals surface area contributed by atoms with Crippen molar-refractivity contribution in [3.05, 3.63) is 65.2 Å². The molecule has 0 N–H and O–H groups in total. The summed E-state index contributed by atoms with van der Waals surface area (Å²) in [5, 5.41) is 0. The maximum Gasteiger partial charge on any atom is 0.227 e. The summed E-state index contributed by atoms with van der Waals surface area (Å²) in [5.41, 5.74) is 6.00. The van der Waals surface area contributed by atoms with E-state index in [9.17, 15) is 4.79 Å². The van der Waals surface area contributed by atoms with Crippen molar-refractivity contribution < 1.29 is 9.53 Å². The summed E-state index contributed by atoms with van der Waals surface area (Å²) in [6.45, 7) is 4.77. The van der Waals surface area contributed by atoms with Gasteiger partial charge in [0, 0.05) is 44.8 Å². The minimum atomic E-state index is -0.0823. The van der Waals surface area contributed by atoms with E-state index in [1.54, 1.807) is 13.3 Å². The fourth-order valence-electron chi connectivity index (χ4n) is 4.51. The number of aryl methyl sites for hydroxylation is 2. The Balaban J connectivity index is 1.68. The van der Waals surface area contributed by atoms with Crippen molar-refractivity contribution in [1.29, 1.82) is 0 Å². The summed E-state index contributed by atoms with van der Waals surface area (Å²) >= 11 is 0. The number of methoxy groups -OCH3 is 1. The fourth-order valence-corrected chi connectivity index (χ4v) is 4.51. The first-order chi connectivity index (χ1) is 15.9. The van der Waals surface area contributed by atoms with Crippen LogP contribution in [0.1, 0.15) is 41.3 Å². The van der Waals surface area contributed by atoms with Gasteiger partial charge in [0.15, 0.2) is 0 Å². The Morgan fingerprint density at radius 2 is 1.97 bits per heavy atom. The van der Waals surface area contributed by atoms with E-state index in [2.05, 4.69) is 9.97 Å². The largest absolute Gasteiger partial charge is 0.496 e. The number of aromatic nitrogens is 3. The second kappa shape index (κ2) is 9.57. The highest BCUT2D eigenvalue weighted by Crippen LogP contribution is 2.38. The molecular weight excluding hydrogens is 414 g/mol. The molecule has 2 aromatic heterocycles. The monoisotopic (exact) mass is 445 g/mol. The first-order valence-corrected chi connectivity index (χ1v) is 11.3. The van der Waals surface area contributed by atoms with Gasteiger partial charge in [-0.05, 0) is 61.1 Å². The molecule has 0 bridgehead atoms. The molecule has 3 heterocycles. The number of anilines is 1. The lowest BCUT2D eigenvalue weighted by atomic mass is 9.97. The van der Waals surface area contributed by atoms with Gasteiger partial charge < -0.3 is 14.5 Å². The van der Waals surface area contributed by atoms with Gasteiger partial charge in [-0.1, -0.05) is 12.1 Å². The average molecular weight is 446 g/mol. The third-order valence-corrected chi connectivity index (χ3v) is 6.22. The topological polar surface area (TPSA) is 71.5 Å². The van der Waals surface area contributed by atoms with Crippen LogP contribution < -0.4 is 9.64 Å². The van der Waals surface area contributed by atoms with Crippen LogP contribution in [0, 0.1) is 13.8 Å². The highest BCUT2D eigenvalue weighted by molar-refractivity contribution is 5.80. The maximum absolute atomic E-state index is 13.4. The molecule has 0 spiro atoms. The van der Waals surface area contributed by atoms with E-state index in [4.69, 9.17) is 9.72 Å². The van der Waals surface area contributed by atoms with Gasteiger partial charge in [-0.3, -0.25) is 9.78 Å². The second-order valence-electron chi connectivity index (χ2n) is 8.78. The molecule has 172 valence electrons. The zero-order chi connectivity index (χ0) is 23.5. The van der Waals surface area contributed by atoms with Crippen LogP contribution in [0.4, 0.5) is 5.95 Å². The first-order valence-electron chi connectivity index (χ1n) is 11.3. The van der Waals surface area contributed by atoms with Crippen molar-refractivity contribution in [2.75, 3.05) is 32.6 Å². The predicted molar refractivity (Wildman–Crippen MR) is 129 cm³/mol. The number of likely N-dealkylation sites (tertiary alicyclic amines) is 1. The molecule has 1 amide bonds. The van der Waals surface area contributed by atoms with Crippen molar-refractivity contribution in [3.63, 3.8) is 0 Å². The molecule has 0 saturated carbocycles. The third kappa shape index (κ3) is 4.67. The van der Waals surface area contributed by atoms with Crippen LogP contribution in [0.3, 0.4) is 0 Å². The van der Waals surface area contributed by atoms with Gasteiger partial charge in [0.05, 0.1) is 25.3 Å². The van der Waals surface area contributed by atoms with Crippen LogP contribution in [-0.4, -0.2) is 53.5 Å². The molecule has 1 atom stereocenters. The van der Waals surface area contributed by atoms with E-state index in [1.165, 1.54) is 0 Å². The van der Waals surface area contributed by atoms with E-state index < -0.39 is 0 Å². The van der Waals surface area contributed by atoms with Crippen LogP contribution in [0.2, 0.25) is 0 Å². The highest BCUT2D eigenvalue weighted by Gasteiger charge is 2.33. The van der Waals surface area contributed by atoms with E-state index >= 15 is 0 Å². The Bertz CT molecular complexity index is 1160. The predicted octanol–water partition coefficient (Wildman–Crippen LogP) is 4.14. The molecule has 1 aromatic carbocycles. The van der Waals surface area contributed by atoms with Crippen LogP contribution in [0.25, 0.3) is 11.1 Å². The Kier molecular flexibility index (Phi) is 6.58. The lowest BCUT2D eigenvalue weighted by Crippen LogP contribution is -2.33. The number of hydrogen-bond donors (Lipinski definition) is 0. The molecule has 1 saturated heterocycles. The molecule has 1 fully saturated rings. The average Bonchev–Trinajstić information content (AvgIpc) is 3.29. The summed E-state index contributed by atoms with van der Waals surface area (Å²) in [6.07, 6.45) is 7.71. The van der Waals surface area contributed by atoms with Crippen molar-refractivity contribution in [2.45, 2.75) is 39.2 Å². The summed E-state index contributed by atoms with van der Waals surface area (Å²) in [5.74, 6) is 1.59. The molecule has 1 aliphatic heterocycles. The number of carbonyl (C=O) groups excluding carboxylic acids is 1. The molecule has 3 aromatic rings. The maximum atomic E-state index is 13.4. The van der Waals surface area contributed by atoms with Crippen LogP contribution in [0.15, 0.2) is 42.9 Å². The number of hydrogen-bond acceptors (Lipinski definition) is 6. The molecule has 0 radical (unpaired) electrons. The number of nitrogens with zero attached hydrogens (tertiary/aromatic N) is 5. The van der Waals surface area contributed by atoms with Crippen LogP contribution in [0.5, 0.6) is 5.75 Å². The van der Waals surface area contributed by atoms with Gasteiger partial charge in [0.25, 0.3) is 0 Å². The first kappa shape index (κ1) is 22.7. The van der Waals surface area contributed by atoms with Crippen molar-refractivity contribution >= 4 is 11.9 Å². The fraction of sp³-hybridized carbons (Fsp3) is 0.385. The van der Waals surface area contributed by atoms with Gasteiger partial charge in [0.2, 0.25) is 11.9 Å². The summed E-state index contributed by atoms with van der Waals surface area (Å²) in [6, 6.07) is 7.84. The minimum Gasteiger partial charge on any atom is -0.496 e. The Morgan fingerprint density at radius 3 is 2.67 bits per heavy atom. The standard InChI is InChI=1S/C26H31N5O2/c1-17-13-19(8-9-23(17)33-5)14-24(32)31-12-6-7-22(31)25-21(16-28-26(29-25)30(3)4)20-10-11-27-15-18(20)2/h8-11,13,15-16,22H,6-7,12,14H2,1-5H3/t22-/m0/s1. The van der Waals surface area contributed by atoms with Gasteiger partial charge in [-0.2, -0.15) is 0 Å². The number of benzene rings is 1. The highest BCUT2D eigenvalue weighted by atomic mass is 16.5. The van der Waals surface area contributed by atoms with E-state index in [1.807, 2.05) is 74.4 Å². The molecule has 0 aliphatic carbocycles. The number of carbonyl (C=O) groups is 1. The Hall–Kier alpha value is -3.48. The molecule has 4 rings (SSSR count). The third-order valence-electron chi connectivity index (χ3n) is 6.22. The summed E-state index contributed by atoms with van der Waals surface area (Å²) < 4.78 is 5.36. The number of amides is 1. The van der Waals surface area contributed by atoms with E-state index in [0.717, 1.165) is 58.6 Å². The van der Waals surface area contributed by atoms with E-state index in [-0.39, 0.29) is 11.9 Å². The van der Waals surface area contributed by atoms with Gasteiger partial charge in [-0.25, -0.2) is 9.97 Å². The van der Waals surface area contributed by atoms with Crippen molar-refractivity contribution in [2.24, 2.45) is 0 Å². The molecule has 7 heteroatoms. The lowest BCUT2D eigenvalue weighted by molar-refractivity contribution is -0.131. The zero-order valence-corrected chi connectivity index (χ0v) is 20.0. The number of rotatable bonds is 6.